The zero-order valence-corrected chi connectivity index (χ0v) is 23.3. The van der Waals surface area contributed by atoms with Gasteiger partial charge in [0, 0.05) is 59.4 Å². The number of aryl methyl sites for hydroxylation is 2. The molecule has 1 aromatic heterocycles. The first-order valence-corrected chi connectivity index (χ1v) is 13.8. The number of rotatable bonds is 5. The summed E-state index contributed by atoms with van der Waals surface area (Å²) in [5.74, 6) is 0.841. The summed E-state index contributed by atoms with van der Waals surface area (Å²) < 4.78 is 22.4. The van der Waals surface area contributed by atoms with Gasteiger partial charge in [-0.05, 0) is 57.0 Å². The number of carbonyl (C=O) groups excluding carboxylic acids is 1. The minimum absolute atomic E-state index is 0.0893. The molecule has 1 fully saturated rings. The average molecular weight is 537 g/mol. The Morgan fingerprint density at radius 3 is 2.58 bits per heavy atom. The lowest BCUT2D eigenvalue weighted by Crippen LogP contribution is -2.58. The number of thioether (sulfide) groups is 1. The summed E-state index contributed by atoms with van der Waals surface area (Å²) in [5, 5.41) is 0.851. The van der Waals surface area contributed by atoms with Crippen molar-refractivity contribution in [3.8, 4) is 11.1 Å². The Bertz CT molecular complexity index is 1490. The number of halogens is 1. The molecule has 0 unspecified atom stereocenters. The molecule has 9 heteroatoms. The lowest BCUT2D eigenvalue weighted by Gasteiger charge is -2.45. The fraction of sp³-hybridized carbons (Fsp3) is 0.414. The first-order chi connectivity index (χ1) is 18.2. The number of aromatic nitrogens is 2. The zero-order valence-electron chi connectivity index (χ0n) is 22.5. The molecule has 3 aromatic rings. The summed E-state index contributed by atoms with van der Waals surface area (Å²) in [5.41, 5.74) is 3.53. The van der Waals surface area contributed by atoms with E-state index in [4.69, 9.17) is 4.74 Å². The van der Waals surface area contributed by atoms with Crippen LogP contribution >= 0.6 is 11.8 Å². The molecular weight excluding hydrogens is 503 g/mol. The topological polar surface area (TPSA) is 67.7 Å². The number of piperazine rings is 1. The Labute approximate surface area is 226 Å². The molecule has 2 aromatic carbocycles. The van der Waals surface area contributed by atoms with Crippen LogP contribution in [0.5, 0.6) is 0 Å². The molecule has 0 saturated carbocycles. The molecule has 0 bridgehead atoms. The molecule has 200 valence electrons. The number of hydrogen-bond donors (Lipinski definition) is 0. The minimum Gasteiger partial charge on any atom is -0.383 e. The Balaban J connectivity index is 1.75. The van der Waals surface area contributed by atoms with Crippen LogP contribution in [-0.4, -0.2) is 65.0 Å². The quantitative estimate of drug-likeness (QED) is 0.440. The molecule has 3 heterocycles. The molecule has 5 rings (SSSR count). The molecule has 3 atom stereocenters. The fourth-order valence-electron chi connectivity index (χ4n) is 5.97. The van der Waals surface area contributed by atoms with Gasteiger partial charge in [0.2, 0.25) is 5.91 Å². The van der Waals surface area contributed by atoms with E-state index in [0.717, 1.165) is 32.5 Å². The van der Waals surface area contributed by atoms with Gasteiger partial charge in [-0.1, -0.05) is 18.7 Å². The van der Waals surface area contributed by atoms with Crippen molar-refractivity contribution in [2.75, 3.05) is 37.5 Å². The zero-order chi connectivity index (χ0) is 27.3. The molecule has 0 radical (unpaired) electrons. The third-order valence-electron chi connectivity index (χ3n) is 7.53. The number of nitrogens with zero attached hydrogens (tertiary/aromatic N) is 4. The van der Waals surface area contributed by atoms with Crippen LogP contribution in [0.1, 0.15) is 31.0 Å². The summed E-state index contributed by atoms with van der Waals surface area (Å²) in [6, 6.07) is 6.94. The molecular formula is C29H33FN4O3S. The van der Waals surface area contributed by atoms with Gasteiger partial charge >= 0.3 is 5.69 Å². The van der Waals surface area contributed by atoms with Crippen molar-refractivity contribution in [1.82, 2.24) is 14.5 Å². The Morgan fingerprint density at radius 1 is 1.24 bits per heavy atom. The molecule has 1 saturated heterocycles. The van der Waals surface area contributed by atoms with Crippen LogP contribution in [0, 0.1) is 19.7 Å². The van der Waals surface area contributed by atoms with Gasteiger partial charge in [0.25, 0.3) is 0 Å². The summed E-state index contributed by atoms with van der Waals surface area (Å²) >= 11 is 1.63. The third kappa shape index (κ3) is 4.31. The number of anilines is 1. The second kappa shape index (κ2) is 10.2. The standard InChI is InChI=1S/C29H33FN4O3S/c1-7-24(35)33-18(4)12-32(13-19(33)5)28-22-11-17(3)25(21-9-8-16(2)10-23(21)30)27-26(22)34(29(36)31-28)20(14-37-6)15-38-27/h7-11,18-20H,1,12-15H2,2-6H3/t18-,19+,20-/m0/s1. The van der Waals surface area contributed by atoms with E-state index in [2.05, 4.69) is 16.5 Å². The first kappa shape index (κ1) is 26.4. The molecule has 2 aliphatic heterocycles. The van der Waals surface area contributed by atoms with E-state index < -0.39 is 0 Å². The van der Waals surface area contributed by atoms with Crippen molar-refractivity contribution in [1.29, 1.82) is 0 Å². The van der Waals surface area contributed by atoms with Gasteiger partial charge in [-0.2, -0.15) is 4.98 Å². The Hall–Kier alpha value is -3.17. The Morgan fingerprint density at radius 2 is 1.95 bits per heavy atom. The van der Waals surface area contributed by atoms with Crippen LogP contribution < -0.4 is 10.6 Å². The van der Waals surface area contributed by atoms with Gasteiger partial charge < -0.3 is 14.5 Å². The SMILES string of the molecule is C=CC(=O)N1[C@H](C)CN(c2nc(=O)n3c4c(c(-c5ccc(C)cc5F)c(C)cc24)SC[C@@H]3COC)C[C@@H]1C. The summed E-state index contributed by atoms with van der Waals surface area (Å²) in [4.78, 5) is 35.5. The van der Waals surface area contributed by atoms with E-state index in [1.54, 1.807) is 29.5 Å². The van der Waals surface area contributed by atoms with Gasteiger partial charge in [0.15, 0.2) is 0 Å². The van der Waals surface area contributed by atoms with Crippen LogP contribution in [0.3, 0.4) is 0 Å². The van der Waals surface area contributed by atoms with Gasteiger partial charge in [0.1, 0.15) is 11.6 Å². The van der Waals surface area contributed by atoms with Crippen molar-refractivity contribution in [2.24, 2.45) is 0 Å². The number of amides is 1. The van der Waals surface area contributed by atoms with Crippen molar-refractivity contribution in [3.63, 3.8) is 0 Å². The monoisotopic (exact) mass is 536 g/mol. The number of ether oxygens (including phenoxy) is 1. The van der Waals surface area contributed by atoms with E-state index in [1.165, 1.54) is 6.08 Å². The maximum Gasteiger partial charge on any atom is 0.350 e. The maximum absolute atomic E-state index is 15.3. The Kier molecular flexibility index (Phi) is 7.09. The fourth-order valence-corrected chi connectivity index (χ4v) is 7.33. The van der Waals surface area contributed by atoms with Crippen LogP contribution in [0.4, 0.5) is 10.2 Å². The predicted molar refractivity (Wildman–Crippen MR) is 151 cm³/mol. The minimum atomic E-state index is -0.347. The molecule has 7 nitrogen and oxygen atoms in total. The van der Waals surface area contributed by atoms with Crippen LogP contribution in [-0.2, 0) is 9.53 Å². The molecule has 38 heavy (non-hydrogen) atoms. The summed E-state index contributed by atoms with van der Waals surface area (Å²) in [6.07, 6.45) is 1.35. The molecule has 2 aliphatic rings. The molecule has 0 spiro atoms. The van der Waals surface area contributed by atoms with Gasteiger partial charge in [0.05, 0.1) is 18.2 Å². The first-order valence-electron chi connectivity index (χ1n) is 12.8. The maximum atomic E-state index is 15.3. The largest absolute Gasteiger partial charge is 0.383 e. The van der Waals surface area contributed by atoms with E-state index in [-0.39, 0.29) is 35.5 Å². The highest BCUT2D eigenvalue weighted by Gasteiger charge is 2.35. The van der Waals surface area contributed by atoms with Gasteiger partial charge in [-0.25, -0.2) is 9.18 Å². The summed E-state index contributed by atoms with van der Waals surface area (Å²) in [6.45, 7) is 12.9. The van der Waals surface area contributed by atoms with Crippen molar-refractivity contribution in [2.45, 2.75) is 50.7 Å². The van der Waals surface area contributed by atoms with Crippen LogP contribution in [0.25, 0.3) is 22.0 Å². The predicted octanol–water partition coefficient (Wildman–Crippen LogP) is 4.72. The van der Waals surface area contributed by atoms with Gasteiger partial charge in [-0.15, -0.1) is 11.8 Å². The van der Waals surface area contributed by atoms with Crippen molar-refractivity contribution in [3.05, 3.63) is 64.3 Å². The average Bonchev–Trinajstić information content (AvgIpc) is 2.86. The van der Waals surface area contributed by atoms with Gasteiger partial charge in [-0.3, -0.25) is 9.36 Å². The highest BCUT2D eigenvalue weighted by Crippen LogP contribution is 2.46. The smallest absolute Gasteiger partial charge is 0.350 e. The number of carbonyl (C=O) groups is 1. The molecule has 1 amide bonds. The lowest BCUT2D eigenvalue weighted by molar-refractivity contribution is -0.130. The van der Waals surface area contributed by atoms with Crippen molar-refractivity contribution < 1.29 is 13.9 Å². The van der Waals surface area contributed by atoms with E-state index in [0.29, 0.717) is 36.8 Å². The second-order valence-electron chi connectivity index (χ2n) is 10.3. The number of methoxy groups -OCH3 is 1. The number of benzene rings is 2. The van der Waals surface area contributed by atoms with E-state index in [1.807, 2.05) is 50.8 Å². The van der Waals surface area contributed by atoms with E-state index >= 15 is 4.39 Å². The normalized spacial score (nSPS) is 21.2. The van der Waals surface area contributed by atoms with Crippen LogP contribution in [0.2, 0.25) is 0 Å². The molecule has 0 aliphatic carbocycles. The van der Waals surface area contributed by atoms with Crippen molar-refractivity contribution >= 4 is 34.4 Å². The number of hydrogen-bond acceptors (Lipinski definition) is 6. The third-order valence-corrected chi connectivity index (χ3v) is 8.77. The molecule has 0 N–H and O–H groups in total. The van der Waals surface area contributed by atoms with E-state index in [9.17, 15) is 9.59 Å². The second-order valence-corrected chi connectivity index (χ2v) is 11.4. The highest BCUT2D eigenvalue weighted by atomic mass is 32.2. The lowest BCUT2D eigenvalue weighted by atomic mass is 9.96. The highest BCUT2D eigenvalue weighted by molar-refractivity contribution is 7.99. The summed E-state index contributed by atoms with van der Waals surface area (Å²) in [7, 11) is 1.62. The van der Waals surface area contributed by atoms with Crippen LogP contribution in [0.15, 0.2) is 46.6 Å².